The third-order valence-electron chi connectivity index (χ3n) is 3.00. The molecule has 1 N–H and O–H groups in total. The highest BCUT2D eigenvalue weighted by Crippen LogP contribution is 2.21. The molecule has 6 nitrogen and oxygen atoms in total. The van der Waals surface area contributed by atoms with Gasteiger partial charge in [0, 0.05) is 19.0 Å². The molecule has 0 unspecified atom stereocenters. The Balaban J connectivity index is 2.19. The number of nitrogens with one attached hydrogen (secondary N) is 1. The van der Waals surface area contributed by atoms with E-state index in [-0.39, 0.29) is 0 Å². The smallest absolute Gasteiger partial charge is 0.210 e. The number of rotatable bonds is 4. The highest BCUT2D eigenvalue weighted by atomic mass is 16.5. The van der Waals surface area contributed by atoms with Gasteiger partial charge >= 0.3 is 0 Å². The van der Waals surface area contributed by atoms with Crippen LogP contribution in [-0.4, -0.2) is 39.8 Å². The molecule has 3 aromatic rings. The Kier molecular flexibility index (Phi) is 3.00. The fraction of sp³-hybridized carbons (Fsp3) is 0.308. The van der Waals surface area contributed by atoms with Crippen molar-refractivity contribution in [1.82, 2.24) is 19.6 Å². The van der Waals surface area contributed by atoms with Crippen LogP contribution in [-0.2, 0) is 4.74 Å². The average Bonchev–Trinajstić information content (AvgIpc) is 2.82. The second-order valence-corrected chi connectivity index (χ2v) is 4.28. The van der Waals surface area contributed by atoms with Gasteiger partial charge in [-0.05, 0) is 19.1 Å². The maximum atomic E-state index is 5.04. The van der Waals surface area contributed by atoms with Gasteiger partial charge in [-0.3, -0.25) is 0 Å². The minimum atomic E-state index is 0.622. The lowest BCUT2D eigenvalue weighted by molar-refractivity contribution is 0.210. The van der Waals surface area contributed by atoms with Crippen LogP contribution in [0.25, 0.3) is 16.6 Å². The van der Waals surface area contributed by atoms with Gasteiger partial charge in [0.1, 0.15) is 5.82 Å². The van der Waals surface area contributed by atoms with Crippen LogP contribution in [0.2, 0.25) is 0 Å². The number of aromatic nitrogens is 4. The molecule has 0 spiro atoms. The van der Waals surface area contributed by atoms with E-state index in [9.17, 15) is 0 Å². The molecule has 0 aliphatic heterocycles. The summed E-state index contributed by atoms with van der Waals surface area (Å²) in [5.74, 6) is 1.56. The Morgan fingerprint density at radius 2 is 2.11 bits per heavy atom. The quantitative estimate of drug-likeness (QED) is 0.720. The molecule has 0 saturated heterocycles. The molecule has 0 saturated carbocycles. The molecule has 0 atom stereocenters. The molecule has 0 radical (unpaired) electrons. The largest absolute Gasteiger partial charge is 0.383 e. The highest BCUT2D eigenvalue weighted by Gasteiger charge is 2.11. The van der Waals surface area contributed by atoms with E-state index in [0.29, 0.717) is 13.2 Å². The van der Waals surface area contributed by atoms with Crippen LogP contribution < -0.4 is 5.32 Å². The van der Waals surface area contributed by atoms with Gasteiger partial charge in [0.05, 0.1) is 12.1 Å². The second-order valence-electron chi connectivity index (χ2n) is 4.28. The number of aryl methyl sites for hydroxylation is 1. The van der Waals surface area contributed by atoms with Crippen molar-refractivity contribution in [3.8, 4) is 0 Å². The molecule has 0 amide bonds. The van der Waals surface area contributed by atoms with E-state index in [2.05, 4.69) is 20.5 Å². The van der Waals surface area contributed by atoms with Crippen LogP contribution in [0.5, 0.6) is 0 Å². The summed E-state index contributed by atoms with van der Waals surface area (Å²) in [6, 6.07) is 7.92. The van der Waals surface area contributed by atoms with Gasteiger partial charge in [0.2, 0.25) is 5.95 Å². The lowest BCUT2D eigenvalue weighted by Crippen LogP contribution is -2.12. The summed E-state index contributed by atoms with van der Waals surface area (Å²) in [5.41, 5.74) is 1.73. The first kappa shape index (κ1) is 11.9. The minimum Gasteiger partial charge on any atom is -0.383 e. The number of hydrogen-bond donors (Lipinski definition) is 1. The normalized spacial score (nSPS) is 11.3. The number of hydrogen-bond acceptors (Lipinski definition) is 5. The van der Waals surface area contributed by atoms with Crippen LogP contribution in [0.4, 0.5) is 5.95 Å². The predicted molar refractivity (Wildman–Crippen MR) is 73.4 cm³/mol. The Labute approximate surface area is 110 Å². The number of benzene rings is 1. The lowest BCUT2D eigenvalue weighted by atomic mass is 10.2. The summed E-state index contributed by atoms with van der Waals surface area (Å²) in [4.78, 5) is 4.62. The number of methoxy groups -OCH3 is 1. The van der Waals surface area contributed by atoms with Crippen molar-refractivity contribution >= 4 is 22.5 Å². The van der Waals surface area contributed by atoms with Crippen LogP contribution in [0, 0.1) is 6.92 Å². The molecule has 2 heterocycles. The van der Waals surface area contributed by atoms with Gasteiger partial charge in [-0.25, -0.2) is 9.38 Å². The van der Waals surface area contributed by atoms with E-state index in [1.807, 2.05) is 35.6 Å². The number of para-hydroxylation sites is 1. The maximum Gasteiger partial charge on any atom is 0.210 e. The van der Waals surface area contributed by atoms with Gasteiger partial charge in [-0.15, -0.1) is 10.2 Å². The first-order valence-electron chi connectivity index (χ1n) is 6.14. The topological polar surface area (TPSA) is 64.3 Å². The molecule has 19 heavy (non-hydrogen) atoms. The van der Waals surface area contributed by atoms with Crippen molar-refractivity contribution in [3.05, 3.63) is 30.1 Å². The van der Waals surface area contributed by atoms with Gasteiger partial charge < -0.3 is 10.1 Å². The van der Waals surface area contributed by atoms with E-state index < -0.39 is 0 Å². The fourth-order valence-electron chi connectivity index (χ4n) is 2.10. The third-order valence-corrected chi connectivity index (χ3v) is 3.00. The van der Waals surface area contributed by atoms with Gasteiger partial charge in [-0.1, -0.05) is 12.1 Å². The molecule has 0 bridgehead atoms. The molecule has 0 aliphatic rings. The summed E-state index contributed by atoms with van der Waals surface area (Å²) >= 11 is 0. The van der Waals surface area contributed by atoms with E-state index >= 15 is 0 Å². The summed E-state index contributed by atoms with van der Waals surface area (Å²) in [6.45, 7) is 3.23. The van der Waals surface area contributed by atoms with Crippen molar-refractivity contribution in [2.45, 2.75) is 6.92 Å². The van der Waals surface area contributed by atoms with Gasteiger partial charge in [0.15, 0.2) is 5.65 Å². The van der Waals surface area contributed by atoms with Gasteiger partial charge in [-0.2, -0.15) is 0 Å². The van der Waals surface area contributed by atoms with Crippen LogP contribution in [0.3, 0.4) is 0 Å². The fourth-order valence-corrected chi connectivity index (χ4v) is 2.10. The van der Waals surface area contributed by atoms with E-state index in [0.717, 1.165) is 28.3 Å². The summed E-state index contributed by atoms with van der Waals surface area (Å²) in [7, 11) is 1.68. The van der Waals surface area contributed by atoms with Crippen molar-refractivity contribution < 1.29 is 4.74 Å². The third kappa shape index (κ3) is 2.00. The Bertz CT molecular complexity index is 721. The lowest BCUT2D eigenvalue weighted by Gasteiger charge is -2.09. The van der Waals surface area contributed by atoms with Crippen LogP contribution >= 0.6 is 0 Å². The second kappa shape index (κ2) is 4.81. The highest BCUT2D eigenvalue weighted by molar-refractivity contribution is 5.92. The van der Waals surface area contributed by atoms with Crippen molar-refractivity contribution in [1.29, 1.82) is 0 Å². The number of nitrogens with zero attached hydrogens (tertiary/aromatic N) is 4. The predicted octanol–water partition coefficient (Wildman–Crippen LogP) is 1.64. The average molecular weight is 257 g/mol. The van der Waals surface area contributed by atoms with Crippen molar-refractivity contribution in [2.24, 2.45) is 0 Å². The van der Waals surface area contributed by atoms with Crippen LogP contribution in [0.15, 0.2) is 24.3 Å². The summed E-state index contributed by atoms with van der Waals surface area (Å²) < 4.78 is 6.97. The van der Waals surface area contributed by atoms with Crippen molar-refractivity contribution in [2.75, 3.05) is 25.6 Å². The summed E-state index contributed by atoms with van der Waals surface area (Å²) in [5, 5.41) is 12.6. The number of ether oxygens (including phenoxy) is 1. The zero-order valence-electron chi connectivity index (χ0n) is 10.9. The van der Waals surface area contributed by atoms with E-state index in [4.69, 9.17) is 4.74 Å². The first-order chi connectivity index (χ1) is 9.31. The zero-order valence-corrected chi connectivity index (χ0v) is 10.9. The SMILES string of the molecule is COCCNc1nc2ccccc2c2nnc(C)n12. The van der Waals surface area contributed by atoms with E-state index in [1.54, 1.807) is 7.11 Å². The summed E-state index contributed by atoms with van der Waals surface area (Å²) in [6.07, 6.45) is 0. The van der Waals surface area contributed by atoms with Crippen LogP contribution in [0.1, 0.15) is 5.82 Å². The first-order valence-corrected chi connectivity index (χ1v) is 6.14. The molecule has 98 valence electrons. The Hall–Kier alpha value is -2.21. The Morgan fingerprint density at radius 1 is 1.26 bits per heavy atom. The standard InChI is InChI=1S/C13H15N5O/c1-9-16-17-12-10-5-3-4-6-11(10)15-13(18(9)12)14-7-8-19-2/h3-6H,7-8H2,1-2H3,(H,14,15). The molecular weight excluding hydrogens is 242 g/mol. The number of anilines is 1. The molecule has 0 aliphatic carbocycles. The minimum absolute atomic E-state index is 0.622. The Morgan fingerprint density at radius 3 is 2.95 bits per heavy atom. The molecule has 0 fully saturated rings. The van der Waals surface area contributed by atoms with Crippen molar-refractivity contribution in [3.63, 3.8) is 0 Å². The van der Waals surface area contributed by atoms with Gasteiger partial charge in [0.25, 0.3) is 0 Å². The van der Waals surface area contributed by atoms with E-state index in [1.165, 1.54) is 0 Å². The molecule has 1 aromatic carbocycles. The maximum absolute atomic E-state index is 5.04. The monoisotopic (exact) mass is 257 g/mol. The number of fused-ring (bicyclic) bond motifs is 3. The molecular formula is C13H15N5O. The molecule has 6 heteroatoms. The molecule has 2 aromatic heterocycles. The zero-order chi connectivity index (χ0) is 13.2. The molecule has 3 rings (SSSR count).